The second kappa shape index (κ2) is 9.01. The third-order valence-electron chi connectivity index (χ3n) is 4.30. The van der Waals surface area contributed by atoms with Crippen molar-refractivity contribution in [2.45, 2.75) is 30.6 Å². The van der Waals surface area contributed by atoms with Crippen LogP contribution < -0.4 is 10.1 Å². The summed E-state index contributed by atoms with van der Waals surface area (Å²) in [6.07, 6.45) is 1.53. The summed E-state index contributed by atoms with van der Waals surface area (Å²) in [6, 6.07) is 14.0. The van der Waals surface area contributed by atoms with Crippen molar-refractivity contribution >= 4 is 21.6 Å². The molecule has 0 saturated carbocycles. The van der Waals surface area contributed by atoms with Crippen LogP contribution in [-0.4, -0.2) is 39.8 Å². The SMILES string of the molecule is CCCC(C(=O)Nc1cc(S(=O)(=O)N(C)C)ccc1OC)c1ccccc1. The number of carbonyl (C=O) groups is 1. The molecule has 146 valence electrons. The highest BCUT2D eigenvalue weighted by Crippen LogP contribution is 2.30. The number of hydrogen-bond acceptors (Lipinski definition) is 4. The highest BCUT2D eigenvalue weighted by Gasteiger charge is 2.23. The summed E-state index contributed by atoms with van der Waals surface area (Å²) in [7, 11) is 0.787. The first-order valence-corrected chi connectivity index (χ1v) is 10.2. The van der Waals surface area contributed by atoms with E-state index in [4.69, 9.17) is 4.74 Å². The maximum absolute atomic E-state index is 12.9. The van der Waals surface area contributed by atoms with E-state index in [1.54, 1.807) is 6.07 Å². The van der Waals surface area contributed by atoms with Gasteiger partial charge in [0, 0.05) is 14.1 Å². The molecule has 1 N–H and O–H groups in total. The van der Waals surface area contributed by atoms with E-state index in [0.717, 1.165) is 16.3 Å². The van der Waals surface area contributed by atoms with Gasteiger partial charge in [0.2, 0.25) is 15.9 Å². The van der Waals surface area contributed by atoms with Crippen molar-refractivity contribution in [3.8, 4) is 5.75 Å². The Morgan fingerprint density at radius 1 is 1.15 bits per heavy atom. The van der Waals surface area contributed by atoms with Gasteiger partial charge in [0.05, 0.1) is 23.6 Å². The molecule has 0 aliphatic rings. The summed E-state index contributed by atoms with van der Waals surface area (Å²) < 4.78 is 31.2. The van der Waals surface area contributed by atoms with Crippen LogP contribution in [0.25, 0.3) is 0 Å². The van der Waals surface area contributed by atoms with E-state index in [0.29, 0.717) is 17.9 Å². The van der Waals surface area contributed by atoms with Crippen LogP contribution in [0.15, 0.2) is 53.4 Å². The van der Waals surface area contributed by atoms with Gasteiger partial charge in [0.25, 0.3) is 0 Å². The first-order chi connectivity index (χ1) is 12.8. The number of anilines is 1. The molecule has 0 heterocycles. The van der Waals surface area contributed by atoms with Crippen molar-refractivity contribution in [3.63, 3.8) is 0 Å². The summed E-state index contributed by atoms with van der Waals surface area (Å²) in [4.78, 5) is 13.0. The predicted molar refractivity (Wildman–Crippen MR) is 107 cm³/mol. The van der Waals surface area contributed by atoms with Gasteiger partial charge >= 0.3 is 0 Å². The summed E-state index contributed by atoms with van der Waals surface area (Å²) >= 11 is 0. The van der Waals surface area contributed by atoms with Gasteiger partial charge in [-0.15, -0.1) is 0 Å². The Balaban J connectivity index is 2.37. The van der Waals surface area contributed by atoms with Gasteiger partial charge in [-0.25, -0.2) is 12.7 Å². The van der Waals surface area contributed by atoms with Crippen LogP contribution in [-0.2, 0) is 14.8 Å². The molecule has 0 aliphatic carbocycles. The number of sulfonamides is 1. The van der Waals surface area contributed by atoms with E-state index in [1.165, 1.54) is 33.3 Å². The standard InChI is InChI=1S/C20H26N2O4S/c1-5-9-17(15-10-7-6-8-11-15)20(23)21-18-14-16(12-13-19(18)26-4)27(24,25)22(2)3/h6-8,10-14,17H,5,9H2,1-4H3,(H,21,23). The number of hydrogen-bond donors (Lipinski definition) is 1. The normalized spacial score (nSPS) is 12.6. The lowest BCUT2D eigenvalue weighted by molar-refractivity contribution is -0.117. The first kappa shape index (κ1) is 20.9. The Morgan fingerprint density at radius 3 is 2.37 bits per heavy atom. The molecule has 1 atom stereocenters. The number of ether oxygens (including phenoxy) is 1. The zero-order valence-electron chi connectivity index (χ0n) is 16.1. The van der Waals surface area contributed by atoms with Crippen LogP contribution in [0.1, 0.15) is 31.2 Å². The van der Waals surface area contributed by atoms with Crippen LogP contribution in [0, 0.1) is 0 Å². The number of benzene rings is 2. The van der Waals surface area contributed by atoms with Crippen LogP contribution >= 0.6 is 0 Å². The molecule has 2 aromatic rings. The van der Waals surface area contributed by atoms with E-state index in [-0.39, 0.29) is 16.7 Å². The number of carbonyl (C=O) groups excluding carboxylic acids is 1. The monoisotopic (exact) mass is 390 g/mol. The molecule has 27 heavy (non-hydrogen) atoms. The van der Waals surface area contributed by atoms with Crippen molar-refractivity contribution in [1.82, 2.24) is 4.31 Å². The second-order valence-corrected chi connectivity index (χ2v) is 8.54. The topological polar surface area (TPSA) is 75.7 Å². The molecule has 6 nitrogen and oxygen atoms in total. The highest BCUT2D eigenvalue weighted by atomic mass is 32.2. The highest BCUT2D eigenvalue weighted by molar-refractivity contribution is 7.89. The minimum atomic E-state index is -3.62. The van der Waals surface area contributed by atoms with Crippen molar-refractivity contribution in [2.24, 2.45) is 0 Å². The summed E-state index contributed by atoms with van der Waals surface area (Å²) in [5, 5.41) is 2.85. The van der Waals surface area contributed by atoms with Crippen LogP contribution in [0.4, 0.5) is 5.69 Å². The smallest absolute Gasteiger partial charge is 0.242 e. The number of methoxy groups -OCH3 is 1. The number of nitrogens with one attached hydrogen (secondary N) is 1. The average Bonchev–Trinajstić information content (AvgIpc) is 2.66. The fourth-order valence-corrected chi connectivity index (χ4v) is 3.73. The summed E-state index contributed by atoms with van der Waals surface area (Å²) in [6.45, 7) is 2.02. The molecule has 0 bridgehead atoms. The van der Waals surface area contributed by atoms with Gasteiger partial charge in [-0.3, -0.25) is 4.79 Å². The number of nitrogens with zero attached hydrogens (tertiary/aromatic N) is 1. The van der Waals surface area contributed by atoms with Gasteiger partial charge in [0.15, 0.2) is 0 Å². The van der Waals surface area contributed by atoms with Crippen molar-refractivity contribution in [2.75, 3.05) is 26.5 Å². The molecule has 2 aromatic carbocycles. The van der Waals surface area contributed by atoms with Crippen LogP contribution in [0.2, 0.25) is 0 Å². The quantitative estimate of drug-likeness (QED) is 0.749. The largest absolute Gasteiger partial charge is 0.495 e. The van der Waals surface area contributed by atoms with Gasteiger partial charge in [0.1, 0.15) is 5.75 Å². The minimum absolute atomic E-state index is 0.0929. The molecule has 7 heteroatoms. The molecular formula is C20H26N2O4S. The van der Waals surface area contributed by atoms with Gasteiger partial charge < -0.3 is 10.1 Å². The number of rotatable bonds is 8. The van der Waals surface area contributed by atoms with Gasteiger partial charge in [-0.05, 0) is 30.2 Å². The van der Waals surface area contributed by atoms with Crippen LogP contribution in [0.5, 0.6) is 5.75 Å². The molecule has 2 rings (SSSR count). The second-order valence-electron chi connectivity index (χ2n) is 6.39. The fourth-order valence-electron chi connectivity index (χ4n) is 2.80. The Hall–Kier alpha value is -2.38. The van der Waals surface area contributed by atoms with Gasteiger partial charge in [-0.2, -0.15) is 0 Å². The third kappa shape index (κ3) is 4.87. The molecule has 0 fully saturated rings. The molecule has 1 unspecified atom stereocenters. The molecular weight excluding hydrogens is 364 g/mol. The van der Waals surface area contributed by atoms with E-state index in [2.05, 4.69) is 5.32 Å². The molecule has 0 aliphatic heterocycles. The minimum Gasteiger partial charge on any atom is -0.495 e. The zero-order chi connectivity index (χ0) is 20.0. The molecule has 1 amide bonds. The lowest BCUT2D eigenvalue weighted by atomic mass is 9.93. The van der Waals surface area contributed by atoms with Crippen molar-refractivity contribution in [3.05, 3.63) is 54.1 Å². The Labute approximate surface area is 161 Å². The fraction of sp³-hybridized carbons (Fsp3) is 0.350. The van der Waals surface area contributed by atoms with E-state index >= 15 is 0 Å². The molecule has 0 saturated heterocycles. The lowest BCUT2D eigenvalue weighted by Gasteiger charge is -2.19. The maximum atomic E-state index is 12.9. The number of amides is 1. The summed E-state index contributed by atoms with van der Waals surface area (Å²) in [5.41, 5.74) is 1.26. The Morgan fingerprint density at radius 2 is 1.81 bits per heavy atom. The Kier molecular flexibility index (Phi) is 6.98. The van der Waals surface area contributed by atoms with E-state index < -0.39 is 10.0 Å². The molecule has 0 spiro atoms. The first-order valence-electron chi connectivity index (χ1n) is 8.77. The maximum Gasteiger partial charge on any atom is 0.242 e. The van der Waals surface area contributed by atoms with Crippen LogP contribution in [0.3, 0.4) is 0 Å². The average molecular weight is 391 g/mol. The molecule has 0 radical (unpaired) electrons. The third-order valence-corrected chi connectivity index (χ3v) is 6.11. The van der Waals surface area contributed by atoms with Crippen molar-refractivity contribution < 1.29 is 17.9 Å². The van der Waals surface area contributed by atoms with Crippen molar-refractivity contribution in [1.29, 1.82) is 0 Å². The summed E-state index contributed by atoms with van der Waals surface area (Å²) in [5.74, 6) is -0.111. The Bertz CT molecular complexity index is 880. The zero-order valence-corrected chi connectivity index (χ0v) is 16.9. The van der Waals surface area contributed by atoms with E-state index in [9.17, 15) is 13.2 Å². The van der Waals surface area contributed by atoms with Gasteiger partial charge in [-0.1, -0.05) is 43.7 Å². The lowest BCUT2D eigenvalue weighted by Crippen LogP contribution is -2.24. The van der Waals surface area contributed by atoms with E-state index in [1.807, 2.05) is 37.3 Å². The predicted octanol–water partition coefficient (Wildman–Crippen LogP) is 3.47. The molecule has 0 aromatic heterocycles.